The lowest BCUT2D eigenvalue weighted by Crippen LogP contribution is -2.30. The molecule has 1 aliphatic carbocycles. The van der Waals surface area contributed by atoms with Crippen LogP contribution in [0.25, 0.3) is 0 Å². The van der Waals surface area contributed by atoms with Crippen LogP contribution in [0.4, 0.5) is 5.69 Å². The Morgan fingerprint density at radius 2 is 2.17 bits per heavy atom. The zero-order valence-electron chi connectivity index (χ0n) is 13.3. The summed E-state index contributed by atoms with van der Waals surface area (Å²) in [5.41, 5.74) is 0.258. The molecule has 2 atom stereocenters. The molecule has 0 unspecified atom stereocenters. The summed E-state index contributed by atoms with van der Waals surface area (Å²) in [6.45, 7) is 1.46. The Labute approximate surface area is 140 Å². The number of sulfonamides is 1. The number of esters is 1. The van der Waals surface area contributed by atoms with Gasteiger partial charge in [-0.2, -0.15) is 0 Å². The highest BCUT2D eigenvalue weighted by Gasteiger charge is 2.21. The van der Waals surface area contributed by atoms with Gasteiger partial charge >= 0.3 is 5.97 Å². The second-order valence-electron chi connectivity index (χ2n) is 5.66. The van der Waals surface area contributed by atoms with Gasteiger partial charge in [0.25, 0.3) is 5.91 Å². The number of primary sulfonamides is 1. The molecule has 7 nitrogen and oxygen atoms in total. The van der Waals surface area contributed by atoms with Gasteiger partial charge in [0, 0.05) is 5.69 Å². The fraction of sp³-hybridized carbons (Fsp3) is 0.375. The van der Waals surface area contributed by atoms with Gasteiger partial charge in [0.15, 0.2) is 6.10 Å². The maximum absolute atomic E-state index is 12.1. The number of hydrogen-bond donors (Lipinski definition) is 2. The average molecular weight is 352 g/mol. The third kappa shape index (κ3) is 5.17. The second kappa shape index (κ2) is 7.59. The zero-order chi connectivity index (χ0) is 17.7. The predicted octanol–water partition coefficient (Wildman–Crippen LogP) is 1.56. The summed E-state index contributed by atoms with van der Waals surface area (Å²) in [5.74, 6) is -0.816. The minimum Gasteiger partial charge on any atom is -0.453 e. The first kappa shape index (κ1) is 18.2. The molecule has 0 saturated heterocycles. The summed E-state index contributed by atoms with van der Waals surface area (Å²) in [4.78, 5) is 23.8. The van der Waals surface area contributed by atoms with E-state index in [0.717, 1.165) is 12.8 Å². The van der Waals surface area contributed by atoms with Crippen molar-refractivity contribution in [3.8, 4) is 0 Å². The first-order chi connectivity index (χ1) is 11.3. The number of allylic oxidation sites excluding steroid dienone is 2. The van der Waals surface area contributed by atoms with Gasteiger partial charge < -0.3 is 10.1 Å². The summed E-state index contributed by atoms with van der Waals surface area (Å²) >= 11 is 0. The monoisotopic (exact) mass is 352 g/mol. The van der Waals surface area contributed by atoms with Crippen molar-refractivity contribution in [3.63, 3.8) is 0 Å². The second-order valence-corrected chi connectivity index (χ2v) is 7.23. The topological polar surface area (TPSA) is 116 Å². The average Bonchev–Trinajstić information content (AvgIpc) is 2.99. The minimum absolute atomic E-state index is 0.113. The number of amides is 1. The number of nitrogens with two attached hydrogens (primary N) is 1. The fourth-order valence-electron chi connectivity index (χ4n) is 2.37. The number of nitrogens with one attached hydrogen (secondary N) is 1. The van der Waals surface area contributed by atoms with E-state index in [0.29, 0.717) is 0 Å². The summed E-state index contributed by atoms with van der Waals surface area (Å²) in [7, 11) is -3.86. The lowest BCUT2D eigenvalue weighted by atomic mass is 10.1. The van der Waals surface area contributed by atoms with Crippen molar-refractivity contribution in [1.82, 2.24) is 0 Å². The van der Waals surface area contributed by atoms with Gasteiger partial charge in [0.2, 0.25) is 10.0 Å². The van der Waals surface area contributed by atoms with Crippen LogP contribution in [0.5, 0.6) is 0 Å². The van der Waals surface area contributed by atoms with Gasteiger partial charge in [0.05, 0.1) is 11.3 Å². The molecule has 0 radical (unpaired) electrons. The van der Waals surface area contributed by atoms with Crippen LogP contribution in [-0.4, -0.2) is 26.4 Å². The molecule has 8 heteroatoms. The maximum Gasteiger partial charge on any atom is 0.307 e. The van der Waals surface area contributed by atoms with Gasteiger partial charge in [-0.3, -0.25) is 9.59 Å². The Morgan fingerprint density at radius 1 is 1.42 bits per heavy atom. The highest BCUT2D eigenvalue weighted by atomic mass is 32.2. The lowest BCUT2D eigenvalue weighted by molar-refractivity contribution is -0.153. The number of benzene rings is 1. The molecule has 2 rings (SSSR count). The molecule has 0 saturated carbocycles. The van der Waals surface area contributed by atoms with Crippen molar-refractivity contribution >= 4 is 27.6 Å². The van der Waals surface area contributed by atoms with E-state index in [1.54, 1.807) is 0 Å². The Balaban J connectivity index is 1.91. The third-order valence-electron chi connectivity index (χ3n) is 3.65. The van der Waals surface area contributed by atoms with Crippen molar-refractivity contribution in [1.29, 1.82) is 0 Å². The van der Waals surface area contributed by atoms with Crippen molar-refractivity contribution < 1.29 is 22.7 Å². The Bertz CT molecular complexity index is 757. The molecule has 3 N–H and O–H groups in total. The molecule has 0 fully saturated rings. The van der Waals surface area contributed by atoms with Crippen LogP contribution in [0.3, 0.4) is 0 Å². The van der Waals surface area contributed by atoms with Gasteiger partial charge in [-0.25, -0.2) is 13.6 Å². The molecule has 24 heavy (non-hydrogen) atoms. The molecular formula is C16H20N2O5S. The van der Waals surface area contributed by atoms with Crippen LogP contribution in [0.15, 0.2) is 41.3 Å². The van der Waals surface area contributed by atoms with Crippen molar-refractivity contribution in [2.75, 3.05) is 5.32 Å². The van der Waals surface area contributed by atoms with E-state index >= 15 is 0 Å². The van der Waals surface area contributed by atoms with Gasteiger partial charge in [-0.1, -0.05) is 18.2 Å². The quantitative estimate of drug-likeness (QED) is 0.595. The molecule has 1 aromatic rings. The van der Waals surface area contributed by atoms with Crippen LogP contribution in [0.2, 0.25) is 0 Å². The molecule has 1 aliphatic rings. The van der Waals surface area contributed by atoms with Crippen molar-refractivity contribution in [2.24, 2.45) is 11.1 Å². The summed E-state index contributed by atoms with van der Waals surface area (Å²) in [5, 5.41) is 7.55. The molecule has 0 spiro atoms. The summed E-state index contributed by atoms with van der Waals surface area (Å²) in [6, 6.07) is 5.54. The number of carbonyl (C=O) groups is 2. The van der Waals surface area contributed by atoms with Crippen molar-refractivity contribution in [2.45, 2.75) is 37.2 Å². The summed E-state index contributed by atoms with van der Waals surface area (Å²) < 4.78 is 27.7. The molecular weight excluding hydrogens is 332 g/mol. The Hall–Kier alpha value is -2.19. The number of hydrogen-bond acceptors (Lipinski definition) is 5. The standard InChI is InChI=1S/C16H20N2O5S/c1-11(23-15(19)9-12-5-2-3-6-12)16(20)18-13-7-4-8-14(10-13)24(17,21)22/h2,4-5,7-8,10-12H,3,6,9H2,1H3,(H,18,20)(H2,17,21,22)/t11-,12+/m1/s1. The zero-order valence-corrected chi connectivity index (χ0v) is 14.1. The molecule has 0 heterocycles. The van der Waals surface area contributed by atoms with E-state index in [-0.39, 0.29) is 22.9 Å². The molecule has 130 valence electrons. The number of rotatable bonds is 6. The maximum atomic E-state index is 12.1. The minimum atomic E-state index is -3.86. The first-order valence-corrected chi connectivity index (χ1v) is 9.10. The van der Waals surface area contributed by atoms with Crippen LogP contribution >= 0.6 is 0 Å². The Morgan fingerprint density at radius 3 is 2.79 bits per heavy atom. The van der Waals surface area contributed by atoms with Gasteiger partial charge in [-0.15, -0.1) is 0 Å². The molecule has 0 aliphatic heterocycles. The summed E-state index contributed by atoms with van der Waals surface area (Å²) in [6.07, 6.45) is 5.12. The predicted molar refractivity (Wildman–Crippen MR) is 88.5 cm³/mol. The van der Waals surface area contributed by atoms with Crippen LogP contribution < -0.4 is 10.5 Å². The highest BCUT2D eigenvalue weighted by molar-refractivity contribution is 7.89. The van der Waals surface area contributed by atoms with E-state index in [1.807, 2.05) is 12.2 Å². The van der Waals surface area contributed by atoms with Crippen LogP contribution in [0.1, 0.15) is 26.2 Å². The first-order valence-electron chi connectivity index (χ1n) is 7.55. The largest absolute Gasteiger partial charge is 0.453 e. The molecule has 1 aromatic carbocycles. The van der Waals surface area contributed by atoms with Gasteiger partial charge in [0.1, 0.15) is 0 Å². The Kier molecular flexibility index (Phi) is 5.74. The van der Waals surface area contributed by atoms with Crippen LogP contribution in [0, 0.1) is 5.92 Å². The van der Waals surface area contributed by atoms with E-state index in [9.17, 15) is 18.0 Å². The SMILES string of the molecule is C[C@@H](OC(=O)C[C@H]1C=CCC1)C(=O)Nc1cccc(S(N)(=O)=O)c1. The van der Waals surface area contributed by atoms with E-state index in [4.69, 9.17) is 9.88 Å². The van der Waals surface area contributed by atoms with Gasteiger partial charge in [-0.05, 0) is 43.9 Å². The van der Waals surface area contributed by atoms with E-state index < -0.39 is 28.0 Å². The van der Waals surface area contributed by atoms with Crippen LogP contribution in [-0.2, 0) is 24.3 Å². The molecule has 0 bridgehead atoms. The molecule has 0 aromatic heterocycles. The number of ether oxygens (including phenoxy) is 1. The van der Waals surface area contributed by atoms with E-state index in [2.05, 4.69) is 5.32 Å². The smallest absolute Gasteiger partial charge is 0.307 e. The molecule has 1 amide bonds. The van der Waals surface area contributed by atoms with Crippen molar-refractivity contribution in [3.05, 3.63) is 36.4 Å². The number of anilines is 1. The number of carbonyl (C=O) groups excluding carboxylic acids is 2. The lowest BCUT2D eigenvalue weighted by Gasteiger charge is -2.15. The van der Waals surface area contributed by atoms with E-state index in [1.165, 1.54) is 31.2 Å². The normalized spacial score (nSPS) is 18.2. The fourth-order valence-corrected chi connectivity index (χ4v) is 2.93. The third-order valence-corrected chi connectivity index (χ3v) is 4.56. The highest BCUT2D eigenvalue weighted by Crippen LogP contribution is 2.21.